The minimum absolute atomic E-state index is 0.0271. The molecule has 0 aliphatic heterocycles. The lowest BCUT2D eigenvalue weighted by atomic mass is 10.2. The zero-order chi connectivity index (χ0) is 10.6. The molecule has 1 amide bonds. The molecule has 0 aliphatic rings. The average molecular weight is 328 g/mol. The summed E-state index contributed by atoms with van der Waals surface area (Å²) in [6.45, 7) is 0.529. The number of carbonyl (C=O) groups excluding carboxylic acids is 1. The largest absolute Gasteiger partial charge is 0.351 e. The maximum absolute atomic E-state index is 13.2. The van der Waals surface area contributed by atoms with Crippen LogP contribution >= 0.6 is 34.2 Å². The van der Waals surface area contributed by atoms with Crippen LogP contribution in [-0.2, 0) is 0 Å². The van der Waals surface area contributed by atoms with Gasteiger partial charge in [0.25, 0.3) is 5.91 Å². The van der Waals surface area contributed by atoms with Crippen molar-refractivity contribution in [3.8, 4) is 0 Å². The molecule has 1 aromatic rings. The SMILES string of the molecule is O=C(NCCI)c1ccc(Cl)cc1F. The van der Waals surface area contributed by atoms with Crippen LogP contribution in [0.3, 0.4) is 0 Å². The lowest BCUT2D eigenvalue weighted by Crippen LogP contribution is -2.25. The van der Waals surface area contributed by atoms with Gasteiger partial charge in [-0.15, -0.1) is 0 Å². The highest BCUT2D eigenvalue weighted by molar-refractivity contribution is 14.1. The van der Waals surface area contributed by atoms with Crippen molar-refractivity contribution in [1.29, 1.82) is 0 Å². The van der Waals surface area contributed by atoms with E-state index in [2.05, 4.69) is 27.9 Å². The predicted octanol–water partition coefficient (Wildman–Crippen LogP) is 2.64. The van der Waals surface area contributed by atoms with E-state index in [9.17, 15) is 9.18 Å². The van der Waals surface area contributed by atoms with E-state index in [-0.39, 0.29) is 10.6 Å². The Morgan fingerprint density at radius 3 is 2.86 bits per heavy atom. The van der Waals surface area contributed by atoms with Gasteiger partial charge in [-0.2, -0.15) is 0 Å². The fourth-order valence-corrected chi connectivity index (χ4v) is 1.36. The quantitative estimate of drug-likeness (QED) is 0.671. The molecule has 0 spiro atoms. The zero-order valence-corrected chi connectivity index (χ0v) is 10.1. The van der Waals surface area contributed by atoms with Crippen molar-refractivity contribution in [2.75, 3.05) is 11.0 Å². The van der Waals surface area contributed by atoms with Crippen LogP contribution in [0, 0.1) is 5.82 Å². The molecule has 0 saturated carbocycles. The van der Waals surface area contributed by atoms with E-state index in [1.165, 1.54) is 12.1 Å². The van der Waals surface area contributed by atoms with Crippen molar-refractivity contribution in [3.05, 3.63) is 34.6 Å². The molecule has 76 valence electrons. The zero-order valence-electron chi connectivity index (χ0n) is 7.19. The molecular weight excluding hydrogens is 319 g/mol. The molecule has 0 fully saturated rings. The molecule has 0 atom stereocenters. The molecule has 0 saturated heterocycles. The van der Waals surface area contributed by atoms with Crippen LogP contribution in [0.25, 0.3) is 0 Å². The van der Waals surface area contributed by atoms with Crippen molar-refractivity contribution < 1.29 is 9.18 Å². The minimum Gasteiger partial charge on any atom is -0.351 e. The van der Waals surface area contributed by atoms with E-state index in [1.54, 1.807) is 0 Å². The van der Waals surface area contributed by atoms with Crippen LogP contribution in [0.15, 0.2) is 18.2 Å². The summed E-state index contributed by atoms with van der Waals surface area (Å²) in [6, 6.07) is 3.99. The molecule has 1 N–H and O–H groups in total. The first-order valence-electron chi connectivity index (χ1n) is 3.94. The third-order valence-electron chi connectivity index (χ3n) is 1.56. The number of hydrogen-bond acceptors (Lipinski definition) is 1. The molecule has 5 heteroatoms. The van der Waals surface area contributed by atoms with Gasteiger partial charge in [0.2, 0.25) is 0 Å². The predicted molar refractivity (Wildman–Crippen MR) is 62.6 cm³/mol. The molecule has 0 bridgehead atoms. The fraction of sp³-hybridized carbons (Fsp3) is 0.222. The summed E-state index contributed by atoms with van der Waals surface area (Å²) in [6.07, 6.45) is 0. The highest BCUT2D eigenvalue weighted by atomic mass is 127. The summed E-state index contributed by atoms with van der Waals surface area (Å²) in [7, 11) is 0. The van der Waals surface area contributed by atoms with E-state index in [4.69, 9.17) is 11.6 Å². The van der Waals surface area contributed by atoms with Gasteiger partial charge in [0, 0.05) is 16.0 Å². The number of halogens is 3. The maximum atomic E-state index is 13.2. The van der Waals surface area contributed by atoms with E-state index >= 15 is 0 Å². The first-order chi connectivity index (χ1) is 6.65. The molecule has 1 aromatic carbocycles. The van der Waals surface area contributed by atoms with Gasteiger partial charge >= 0.3 is 0 Å². The number of amides is 1. The highest BCUT2D eigenvalue weighted by Gasteiger charge is 2.10. The van der Waals surface area contributed by atoms with Crippen molar-refractivity contribution in [1.82, 2.24) is 5.32 Å². The average Bonchev–Trinajstić information content (AvgIpc) is 2.14. The summed E-state index contributed by atoms with van der Waals surface area (Å²) < 4.78 is 14.0. The van der Waals surface area contributed by atoms with Crippen LogP contribution in [0.1, 0.15) is 10.4 Å². The number of benzene rings is 1. The van der Waals surface area contributed by atoms with Crippen LogP contribution < -0.4 is 5.32 Å². The highest BCUT2D eigenvalue weighted by Crippen LogP contribution is 2.14. The summed E-state index contributed by atoms with van der Waals surface area (Å²) in [5.41, 5.74) is 0.0271. The summed E-state index contributed by atoms with van der Waals surface area (Å²) in [4.78, 5) is 11.3. The Hall–Kier alpha value is -0.360. The van der Waals surface area contributed by atoms with Crippen molar-refractivity contribution in [2.45, 2.75) is 0 Å². The van der Waals surface area contributed by atoms with Crippen LogP contribution in [0.5, 0.6) is 0 Å². The Bertz CT molecular complexity index is 346. The molecule has 2 nitrogen and oxygen atoms in total. The van der Waals surface area contributed by atoms with Crippen molar-refractivity contribution >= 4 is 40.1 Å². The van der Waals surface area contributed by atoms with Crippen molar-refractivity contribution in [3.63, 3.8) is 0 Å². The minimum atomic E-state index is -0.594. The lowest BCUT2D eigenvalue weighted by molar-refractivity contribution is 0.0952. The third-order valence-corrected chi connectivity index (χ3v) is 2.33. The monoisotopic (exact) mass is 327 g/mol. The molecule has 1 rings (SSSR count). The molecule has 0 aliphatic carbocycles. The van der Waals surface area contributed by atoms with Gasteiger partial charge < -0.3 is 5.32 Å². The van der Waals surface area contributed by atoms with E-state index in [1.807, 2.05) is 0 Å². The van der Waals surface area contributed by atoms with E-state index in [0.717, 1.165) is 10.5 Å². The van der Waals surface area contributed by atoms with Gasteiger partial charge in [-0.25, -0.2) is 4.39 Å². The van der Waals surface area contributed by atoms with E-state index in [0.29, 0.717) is 6.54 Å². The van der Waals surface area contributed by atoms with Gasteiger partial charge in [-0.1, -0.05) is 34.2 Å². The smallest absolute Gasteiger partial charge is 0.254 e. The topological polar surface area (TPSA) is 29.1 Å². The normalized spacial score (nSPS) is 9.93. The Morgan fingerprint density at radius 1 is 1.57 bits per heavy atom. The Balaban J connectivity index is 2.80. The van der Waals surface area contributed by atoms with E-state index < -0.39 is 11.7 Å². The van der Waals surface area contributed by atoms with Gasteiger partial charge in [-0.05, 0) is 18.2 Å². The van der Waals surface area contributed by atoms with Crippen LogP contribution in [0.4, 0.5) is 4.39 Å². The number of rotatable bonds is 3. The van der Waals surface area contributed by atoms with Gasteiger partial charge in [0.15, 0.2) is 0 Å². The molecule has 0 unspecified atom stereocenters. The second-order valence-electron chi connectivity index (χ2n) is 2.57. The number of alkyl halides is 1. The summed E-state index contributed by atoms with van der Waals surface area (Å²) in [5, 5.41) is 2.86. The van der Waals surface area contributed by atoms with Crippen molar-refractivity contribution in [2.24, 2.45) is 0 Å². The summed E-state index contributed by atoms with van der Waals surface area (Å²) >= 11 is 7.68. The molecule has 0 radical (unpaired) electrons. The first-order valence-corrected chi connectivity index (χ1v) is 5.84. The Labute approximate surface area is 100.0 Å². The fourth-order valence-electron chi connectivity index (χ4n) is 0.930. The third kappa shape index (κ3) is 3.09. The molecular formula is C9H8ClFINO. The second-order valence-corrected chi connectivity index (χ2v) is 4.08. The molecule has 0 heterocycles. The Kier molecular flexibility index (Phi) is 4.60. The first kappa shape index (κ1) is 11.7. The standard InChI is InChI=1S/C9H8ClFINO/c10-6-1-2-7(8(11)5-6)9(14)13-4-3-12/h1-2,5H,3-4H2,(H,13,14). The second kappa shape index (κ2) is 5.50. The van der Waals surface area contributed by atoms with Gasteiger partial charge in [-0.3, -0.25) is 4.79 Å². The maximum Gasteiger partial charge on any atom is 0.254 e. The molecule has 14 heavy (non-hydrogen) atoms. The number of carbonyl (C=O) groups is 1. The lowest BCUT2D eigenvalue weighted by Gasteiger charge is -2.04. The summed E-state index contributed by atoms with van der Waals surface area (Å²) in [5.74, 6) is -1.00. The van der Waals surface area contributed by atoms with Gasteiger partial charge in [0.05, 0.1) is 5.56 Å². The van der Waals surface area contributed by atoms with Gasteiger partial charge in [0.1, 0.15) is 5.82 Å². The molecule has 0 aromatic heterocycles. The van der Waals surface area contributed by atoms with Crippen LogP contribution in [0.2, 0.25) is 5.02 Å². The Morgan fingerprint density at radius 2 is 2.29 bits per heavy atom. The van der Waals surface area contributed by atoms with Crippen LogP contribution in [-0.4, -0.2) is 16.9 Å². The number of nitrogens with one attached hydrogen (secondary N) is 1. The number of hydrogen-bond donors (Lipinski definition) is 1.